The standard InChI is InChI=1S/C23H19NO3S/c1-14-7-6-10-17(13-14)24-19(22-15(2)11-12-28-22)18(21(26)23(24)27)20(25)16-8-4-3-5-9-16/h3-13,19,25H,1-2H3/b20-18-. The second-order valence-corrected chi connectivity index (χ2v) is 7.79. The number of ketones is 1. The van der Waals surface area contributed by atoms with Gasteiger partial charge in [-0.3, -0.25) is 14.5 Å². The molecule has 0 radical (unpaired) electrons. The van der Waals surface area contributed by atoms with Crippen molar-refractivity contribution in [3.8, 4) is 0 Å². The fourth-order valence-electron chi connectivity index (χ4n) is 3.54. The number of aryl methyl sites for hydroxylation is 2. The molecule has 1 saturated heterocycles. The summed E-state index contributed by atoms with van der Waals surface area (Å²) in [7, 11) is 0. The van der Waals surface area contributed by atoms with E-state index in [1.165, 1.54) is 16.2 Å². The molecule has 0 bridgehead atoms. The smallest absolute Gasteiger partial charge is 0.300 e. The fraction of sp³-hybridized carbons (Fsp3) is 0.130. The first kappa shape index (κ1) is 18.2. The van der Waals surface area contributed by atoms with Gasteiger partial charge in [0.1, 0.15) is 11.8 Å². The van der Waals surface area contributed by atoms with Gasteiger partial charge in [0.2, 0.25) is 0 Å². The number of hydrogen-bond acceptors (Lipinski definition) is 4. The van der Waals surface area contributed by atoms with Gasteiger partial charge in [-0.15, -0.1) is 11.3 Å². The first-order valence-electron chi connectivity index (χ1n) is 8.96. The fourth-order valence-corrected chi connectivity index (χ4v) is 4.57. The highest BCUT2D eigenvalue weighted by molar-refractivity contribution is 7.10. The summed E-state index contributed by atoms with van der Waals surface area (Å²) in [5.74, 6) is -1.44. The number of anilines is 1. The van der Waals surface area contributed by atoms with E-state index in [0.717, 1.165) is 16.0 Å². The molecule has 4 rings (SSSR count). The van der Waals surface area contributed by atoms with Crippen molar-refractivity contribution in [3.63, 3.8) is 0 Å². The highest BCUT2D eigenvalue weighted by Crippen LogP contribution is 2.44. The molecule has 1 N–H and O–H groups in total. The van der Waals surface area contributed by atoms with Gasteiger partial charge in [0.05, 0.1) is 5.57 Å². The molecule has 1 atom stereocenters. The zero-order valence-electron chi connectivity index (χ0n) is 15.5. The third-order valence-electron chi connectivity index (χ3n) is 4.92. The summed E-state index contributed by atoms with van der Waals surface area (Å²) in [6.07, 6.45) is 0. The van der Waals surface area contributed by atoms with E-state index in [9.17, 15) is 14.7 Å². The first-order chi connectivity index (χ1) is 13.5. The van der Waals surface area contributed by atoms with Crippen LogP contribution in [0.1, 0.15) is 27.6 Å². The summed E-state index contributed by atoms with van der Waals surface area (Å²) in [6, 6.07) is 17.7. The van der Waals surface area contributed by atoms with Crippen LogP contribution in [0.5, 0.6) is 0 Å². The number of rotatable bonds is 3. The van der Waals surface area contributed by atoms with Crippen LogP contribution in [0.25, 0.3) is 5.76 Å². The van der Waals surface area contributed by atoms with Gasteiger partial charge in [-0.05, 0) is 48.6 Å². The Morgan fingerprint density at radius 2 is 1.75 bits per heavy atom. The molecule has 1 aliphatic heterocycles. The zero-order chi connectivity index (χ0) is 19.8. The van der Waals surface area contributed by atoms with Crippen LogP contribution in [-0.4, -0.2) is 16.8 Å². The molecule has 1 aliphatic rings. The minimum Gasteiger partial charge on any atom is -0.507 e. The molecule has 1 amide bonds. The highest BCUT2D eigenvalue weighted by Gasteiger charge is 2.47. The molecule has 1 aromatic heterocycles. The van der Waals surface area contributed by atoms with Crippen molar-refractivity contribution < 1.29 is 14.7 Å². The molecule has 1 unspecified atom stereocenters. The first-order valence-corrected chi connectivity index (χ1v) is 9.84. The lowest BCUT2D eigenvalue weighted by Gasteiger charge is -2.25. The van der Waals surface area contributed by atoms with Crippen LogP contribution in [0.3, 0.4) is 0 Å². The molecule has 1 fully saturated rings. The minimum absolute atomic E-state index is 0.128. The summed E-state index contributed by atoms with van der Waals surface area (Å²) >= 11 is 1.48. The number of aliphatic hydroxyl groups excluding tert-OH is 1. The molecular formula is C23H19NO3S. The summed E-state index contributed by atoms with van der Waals surface area (Å²) in [5.41, 5.74) is 3.26. The van der Waals surface area contributed by atoms with Crippen molar-refractivity contribution in [2.45, 2.75) is 19.9 Å². The number of aliphatic hydroxyl groups is 1. The van der Waals surface area contributed by atoms with Gasteiger partial charge >= 0.3 is 0 Å². The number of thiophene rings is 1. The van der Waals surface area contributed by atoms with Crippen LogP contribution in [0.2, 0.25) is 0 Å². The van der Waals surface area contributed by atoms with E-state index in [1.54, 1.807) is 24.3 Å². The average molecular weight is 389 g/mol. The number of nitrogens with zero attached hydrogens (tertiary/aromatic N) is 1. The Labute approximate surface area is 167 Å². The Hall–Kier alpha value is -3.18. The van der Waals surface area contributed by atoms with Gasteiger partial charge in [0, 0.05) is 16.1 Å². The predicted molar refractivity (Wildman–Crippen MR) is 111 cm³/mol. The third kappa shape index (κ3) is 2.94. The van der Waals surface area contributed by atoms with Crippen LogP contribution in [0, 0.1) is 13.8 Å². The van der Waals surface area contributed by atoms with Crippen LogP contribution < -0.4 is 4.90 Å². The molecular weight excluding hydrogens is 370 g/mol. The van der Waals surface area contributed by atoms with Crippen molar-refractivity contribution in [3.05, 3.63) is 93.2 Å². The molecule has 4 nitrogen and oxygen atoms in total. The summed E-state index contributed by atoms with van der Waals surface area (Å²) in [4.78, 5) is 28.4. The van der Waals surface area contributed by atoms with E-state index in [2.05, 4.69) is 0 Å². The number of hydrogen-bond donors (Lipinski definition) is 1. The Morgan fingerprint density at radius 1 is 1.00 bits per heavy atom. The molecule has 0 spiro atoms. The van der Waals surface area contributed by atoms with Crippen molar-refractivity contribution >= 4 is 34.5 Å². The molecule has 28 heavy (non-hydrogen) atoms. The van der Waals surface area contributed by atoms with Gasteiger partial charge in [-0.2, -0.15) is 0 Å². The lowest BCUT2D eigenvalue weighted by atomic mass is 9.98. The van der Waals surface area contributed by atoms with Crippen molar-refractivity contribution in [1.29, 1.82) is 0 Å². The van der Waals surface area contributed by atoms with E-state index >= 15 is 0 Å². The molecule has 5 heteroatoms. The lowest BCUT2D eigenvalue weighted by Crippen LogP contribution is -2.29. The number of carbonyl (C=O) groups excluding carboxylic acids is 2. The van der Waals surface area contributed by atoms with Crippen molar-refractivity contribution in [1.82, 2.24) is 0 Å². The van der Waals surface area contributed by atoms with Crippen LogP contribution in [0.15, 0.2) is 71.6 Å². The van der Waals surface area contributed by atoms with Gasteiger partial charge < -0.3 is 5.11 Å². The summed E-state index contributed by atoms with van der Waals surface area (Å²) < 4.78 is 0. The summed E-state index contributed by atoms with van der Waals surface area (Å²) in [5, 5.41) is 12.9. The quantitative estimate of drug-likeness (QED) is 0.390. The Balaban J connectivity index is 1.97. The SMILES string of the molecule is Cc1cccc(N2C(=O)C(=O)/C(=C(\O)c3ccccc3)C2c2sccc2C)c1. The number of Topliss-reactive ketones (excluding diaryl/α,β-unsaturated/α-hetero) is 1. The highest BCUT2D eigenvalue weighted by atomic mass is 32.1. The maximum atomic E-state index is 13.0. The molecule has 3 aromatic rings. The predicted octanol–water partition coefficient (Wildman–Crippen LogP) is 4.99. The monoisotopic (exact) mass is 389 g/mol. The second-order valence-electron chi connectivity index (χ2n) is 6.84. The Kier molecular flexibility index (Phi) is 4.61. The normalized spacial score (nSPS) is 18.6. The second kappa shape index (κ2) is 7.09. The molecule has 0 aliphatic carbocycles. The molecule has 2 aromatic carbocycles. The van der Waals surface area contributed by atoms with E-state index in [4.69, 9.17) is 0 Å². The van der Waals surface area contributed by atoms with E-state index < -0.39 is 17.7 Å². The Bertz CT molecular complexity index is 1100. The zero-order valence-corrected chi connectivity index (χ0v) is 16.4. The lowest BCUT2D eigenvalue weighted by molar-refractivity contribution is -0.132. The average Bonchev–Trinajstić information content (AvgIpc) is 3.23. The largest absolute Gasteiger partial charge is 0.507 e. The maximum absolute atomic E-state index is 13.0. The Morgan fingerprint density at radius 3 is 2.39 bits per heavy atom. The number of benzene rings is 2. The number of carbonyl (C=O) groups is 2. The molecule has 0 saturated carbocycles. The van der Waals surface area contributed by atoms with Crippen LogP contribution in [0.4, 0.5) is 5.69 Å². The van der Waals surface area contributed by atoms with Crippen LogP contribution >= 0.6 is 11.3 Å². The van der Waals surface area contributed by atoms with Gasteiger partial charge in [0.25, 0.3) is 11.7 Å². The van der Waals surface area contributed by atoms with Crippen molar-refractivity contribution in [2.75, 3.05) is 4.90 Å². The minimum atomic E-state index is -0.666. The van der Waals surface area contributed by atoms with E-state index in [-0.39, 0.29) is 11.3 Å². The summed E-state index contributed by atoms with van der Waals surface area (Å²) in [6.45, 7) is 3.89. The van der Waals surface area contributed by atoms with Gasteiger partial charge in [-0.1, -0.05) is 42.5 Å². The van der Waals surface area contributed by atoms with E-state index in [1.807, 2.05) is 55.6 Å². The molecule has 2 heterocycles. The third-order valence-corrected chi connectivity index (χ3v) is 5.99. The van der Waals surface area contributed by atoms with Crippen molar-refractivity contribution in [2.24, 2.45) is 0 Å². The maximum Gasteiger partial charge on any atom is 0.300 e. The molecule has 140 valence electrons. The van der Waals surface area contributed by atoms with Gasteiger partial charge in [0.15, 0.2) is 0 Å². The number of amides is 1. The van der Waals surface area contributed by atoms with Crippen LogP contribution in [-0.2, 0) is 9.59 Å². The van der Waals surface area contributed by atoms with E-state index in [0.29, 0.717) is 11.3 Å². The van der Waals surface area contributed by atoms with Gasteiger partial charge in [-0.25, -0.2) is 0 Å². The topological polar surface area (TPSA) is 57.6 Å².